The normalized spacial score (nSPS) is 10.8. The van der Waals surface area contributed by atoms with E-state index < -0.39 is 0 Å². The summed E-state index contributed by atoms with van der Waals surface area (Å²) in [6.45, 7) is 4.71. The molecule has 3 rings (SSSR count). The van der Waals surface area contributed by atoms with Crippen molar-refractivity contribution in [2.75, 3.05) is 11.9 Å². The molecule has 0 saturated heterocycles. The Bertz CT molecular complexity index is 862. The topological polar surface area (TPSA) is 71.3 Å². The number of carbonyl (C=O) groups excluding carboxylic acids is 2. The molecule has 0 spiro atoms. The van der Waals surface area contributed by atoms with Gasteiger partial charge in [0.1, 0.15) is 5.58 Å². The summed E-state index contributed by atoms with van der Waals surface area (Å²) in [5.74, 6) is 0.198. The second kappa shape index (κ2) is 7.21. The average molecular weight is 336 g/mol. The molecule has 0 aliphatic rings. The number of hydrogen-bond acceptors (Lipinski definition) is 3. The van der Waals surface area contributed by atoms with Gasteiger partial charge in [-0.05, 0) is 42.3 Å². The zero-order valence-electron chi connectivity index (χ0n) is 14.2. The highest BCUT2D eigenvalue weighted by Gasteiger charge is 2.13. The lowest BCUT2D eigenvalue weighted by Gasteiger charge is -2.08. The Morgan fingerprint density at radius 3 is 2.40 bits per heavy atom. The quantitative estimate of drug-likeness (QED) is 0.738. The fourth-order valence-corrected chi connectivity index (χ4v) is 2.39. The number of anilines is 1. The first kappa shape index (κ1) is 16.8. The second-order valence-electron chi connectivity index (χ2n) is 6.28. The Hall–Kier alpha value is -3.08. The zero-order valence-corrected chi connectivity index (χ0v) is 14.2. The molecule has 0 radical (unpaired) electrons. The first-order valence-corrected chi connectivity index (χ1v) is 8.21. The van der Waals surface area contributed by atoms with Crippen molar-refractivity contribution in [1.29, 1.82) is 0 Å². The van der Waals surface area contributed by atoms with Crippen LogP contribution in [0.3, 0.4) is 0 Å². The van der Waals surface area contributed by atoms with Crippen molar-refractivity contribution in [3.63, 3.8) is 0 Å². The van der Waals surface area contributed by atoms with E-state index in [1.165, 1.54) is 0 Å². The summed E-state index contributed by atoms with van der Waals surface area (Å²) < 4.78 is 5.54. The van der Waals surface area contributed by atoms with Gasteiger partial charge in [-0.1, -0.05) is 32.0 Å². The molecule has 25 heavy (non-hydrogen) atoms. The number of hydrogen-bond donors (Lipinski definition) is 2. The Labute approximate surface area is 146 Å². The monoisotopic (exact) mass is 336 g/mol. The van der Waals surface area contributed by atoms with E-state index in [0.29, 0.717) is 29.3 Å². The van der Waals surface area contributed by atoms with E-state index in [2.05, 4.69) is 10.6 Å². The van der Waals surface area contributed by atoms with Crippen LogP contribution in [-0.2, 0) is 0 Å². The third-order valence-electron chi connectivity index (χ3n) is 3.73. The van der Waals surface area contributed by atoms with Crippen LogP contribution in [0, 0.1) is 5.92 Å². The number of nitrogens with one attached hydrogen (secondary N) is 2. The maximum atomic E-state index is 12.3. The van der Waals surface area contributed by atoms with Gasteiger partial charge in [-0.25, -0.2) is 0 Å². The summed E-state index contributed by atoms with van der Waals surface area (Å²) in [5, 5.41) is 6.51. The van der Waals surface area contributed by atoms with Gasteiger partial charge in [0.25, 0.3) is 11.8 Å². The molecule has 2 amide bonds. The summed E-state index contributed by atoms with van der Waals surface area (Å²) in [6.07, 6.45) is 0. The Morgan fingerprint density at radius 2 is 1.72 bits per heavy atom. The third kappa shape index (κ3) is 4.07. The molecule has 0 atom stereocenters. The SMILES string of the molecule is CC(C)CNC(=O)c1ccc(NC(=O)c2cc3ccccc3o2)cc1. The molecule has 0 aliphatic heterocycles. The van der Waals surface area contributed by atoms with Gasteiger partial charge in [0.15, 0.2) is 5.76 Å². The highest BCUT2D eigenvalue weighted by atomic mass is 16.3. The van der Waals surface area contributed by atoms with Crippen molar-refractivity contribution in [2.24, 2.45) is 5.92 Å². The molecule has 2 aromatic carbocycles. The van der Waals surface area contributed by atoms with Crippen molar-refractivity contribution < 1.29 is 14.0 Å². The van der Waals surface area contributed by atoms with Crippen LogP contribution in [0.25, 0.3) is 11.0 Å². The summed E-state index contributed by atoms with van der Waals surface area (Å²) in [6, 6.07) is 15.9. The van der Waals surface area contributed by atoms with Crippen molar-refractivity contribution >= 4 is 28.5 Å². The summed E-state index contributed by atoms with van der Waals surface area (Å²) >= 11 is 0. The predicted molar refractivity (Wildman–Crippen MR) is 97.8 cm³/mol. The molecule has 5 heteroatoms. The maximum Gasteiger partial charge on any atom is 0.291 e. The number of benzene rings is 2. The lowest BCUT2D eigenvalue weighted by Crippen LogP contribution is -2.27. The minimum Gasteiger partial charge on any atom is -0.451 e. The van der Waals surface area contributed by atoms with Crippen LogP contribution in [0.1, 0.15) is 34.8 Å². The maximum absolute atomic E-state index is 12.3. The molecule has 0 saturated carbocycles. The molecule has 1 aromatic heterocycles. The fourth-order valence-electron chi connectivity index (χ4n) is 2.39. The van der Waals surface area contributed by atoms with Crippen LogP contribution in [-0.4, -0.2) is 18.4 Å². The molecule has 5 nitrogen and oxygen atoms in total. The van der Waals surface area contributed by atoms with Gasteiger partial charge in [0, 0.05) is 23.2 Å². The van der Waals surface area contributed by atoms with E-state index in [9.17, 15) is 9.59 Å². The molecule has 0 fully saturated rings. The first-order chi connectivity index (χ1) is 12.0. The summed E-state index contributed by atoms with van der Waals surface area (Å²) in [4.78, 5) is 24.3. The van der Waals surface area contributed by atoms with Gasteiger partial charge in [-0.2, -0.15) is 0 Å². The molecular weight excluding hydrogens is 316 g/mol. The number of furan rings is 1. The van der Waals surface area contributed by atoms with Gasteiger partial charge in [-0.3, -0.25) is 9.59 Å². The van der Waals surface area contributed by atoms with Crippen molar-refractivity contribution in [3.8, 4) is 0 Å². The Morgan fingerprint density at radius 1 is 1.00 bits per heavy atom. The Kier molecular flexibility index (Phi) is 4.84. The van der Waals surface area contributed by atoms with Crippen molar-refractivity contribution in [2.45, 2.75) is 13.8 Å². The van der Waals surface area contributed by atoms with Crippen LogP contribution in [0.15, 0.2) is 59.0 Å². The Balaban J connectivity index is 1.66. The number of rotatable bonds is 5. The lowest BCUT2D eigenvalue weighted by molar-refractivity contribution is 0.0948. The van der Waals surface area contributed by atoms with Crippen LogP contribution in [0.2, 0.25) is 0 Å². The zero-order chi connectivity index (χ0) is 17.8. The van der Waals surface area contributed by atoms with Crippen LogP contribution in [0.4, 0.5) is 5.69 Å². The molecule has 3 aromatic rings. The highest BCUT2D eigenvalue weighted by molar-refractivity contribution is 6.05. The predicted octanol–water partition coefficient (Wildman–Crippen LogP) is 4.07. The van der Waals surface area contributed by atoms with E-state index in [1.54, 1.807) is 30.3 Å². The second-order valence-corrected chi connectivity index (χ2v) is 6.28. The lowest BCUT2D eigenvalue weighted by atomic mass is 10.1. The minimum absolute atomic E-state index is 0.121. The van der Waals surface area contributed by atoms with Crippen LogP contribution >= 0.6 is 0 Å². The third-order valence-corrected chi connectivity index (χ3v) is 3.73. The molecule has 128 valence electrons. The molecule has 0 bridgehead atoms. The number of para-hydroxylation sites is 1. The van der Waals surface area contributed by atoms with E-state index >= 15 is 0 Å². The fraction of sp³-hybridized carbons (Fsp3) is 0.200. The van der Waals surface area contributed by atoms with Crippen molar-refractivity contribution in [3.05, 3.63) is 65.9 Å². The average Bonchev–Trinajstić information content (AvgIpc) is 3.04. The number of fused-ring (bicyclic) bond motifs is 1. The van der Waals surface area contributed by atoms with Gasteiger partial charge < -0.3 is 15.1 Å². The smallest absolute Gasteiger partial charge is 0.291 e. The highest BCUT2D eigenvalue weighted by Crippen LogP contribution is 2.20. The molecule has 0 unspecified atom stereocenters. The van der Waals surface area contributed by atoms with E-state index in [4.69, 9.17) is 4.42 Å². The minimum atomic E-state index is -0.326. The first-order valence-electron chi connectivity index (χ1n) is 8.21. The summed E-state index contributed by atoms with van der Waals surface area (Å²) in [5.41, 5.74) is 1.83. The van der Waals surface area contributed by atoms with E-state index in [0.717, 1.165) is 5.39 Å². The van der Waals surface area contributed by atoms with Gasteiger partial charge in [-0.15, -0.1) is 0 Å². The largest absolute Gasteiger partial charge is 0.451 e. The van der Waals surface area contributed by atoms with E-state index in [-0.39, 0.29) is 17.6 Å². The standard InChI is InChI=1S/C20H20N2O3/c1-13(2)12-21-19(23)14-7-9-16(10-8-14)22-20(24)18-11-15-5-3-4-6-17(15)25-18/h3-11,13H,12H2,1-2H3,(H,21,23)(H,22,24). The molecule has 1 heterocycles. The van der Waals surface area contributed by atoms with Crippen molar-refractivity contribution in [1.82, 2.24) is 5.32 Å². The number of amides is 2. The molecule has 0 aliphatic carbocycles. The molecular formula is C20H20N2O3. The number of carbonyl (C=O) groups is 2. The van der Waals surface area contributed by atoms with Gasteiger partial charge in [0.2, 0.25) is 0 Å². The van der Waals surface area contributed by atoms with E-state index in [1.807, 2.05) is 38.1 Å². The van der Waals surface area contributed by atoms with Crippen LogP contribution < -0.4 is 10.6 Å². The molecule has 2 N–H and O–H groups in total. The van der Waals surface area contributed by atoms with Gasteiger partial charge >= 0.3 is 0 Å². The van der Waals surface area contributed by atoms with Gasteiger partial charge in [0.05, 0.1) is 0 Å². The summed E-state index contributed by atoms with van der Waals surface area (Å²) in [7, 11) is 0. The van der Waals surface area contributed by atoms with Crippen LogP contribution in [0.5, 0.6) is 0 Å².